The van der Waals surface area contributed by atoms with E-state index in [1.807, 2.05) is 19.2 Å². The Hall–Kier alpha value is -0.940. The van der Waals surface area contributed by atoms with Crippen molar-refractivity contribution in [1.29, 1.82) is 0 Å². The third-order valence-corrected chi connectivity index (χ3v) is 3.26. The van der Waals surface area contributed by atoms with Crippen molar-refractivity contribution < 1.29 is 4.79 Å². The number of nitrogens with two attached hydrogens (primary N) is 1. The molecule has 0 saturated carbocycles. The summed E-state index contributed by atoms with van der Waals surface area (Å²) in [5.41, 5.74) is 6.27. The van der Waals surface area contributed by atoms with Crippen LogP contribution in [-0.4, -0.2) is 16.9 Å². The van der Waals surface area contributed by atoms with Crippen LogP contribution in [0.15, 0.2) is 5.38 Å². The van der Waals surface area contributed by atoms with Crippen molar-refractivity contribution in [1.82, 2.24) is 10.3 Å². The molecule has 0 aromatic carbocycles. The average molecular weight is 227 g/mol. The van der Waals surface area contributed by atoms with E-state index in [4.69, 9.17) is 5.73 Å². The Morgan fingerprint density at radius 1 is 1.73 bits per heavy atom. The number of amides is 1. The topological polar surface area (TPSA) is 68.0 Å². The number of hydrogen-bond acceptors (Lipinski definition) is 4. The first kappa shape index (κ1) is 12.1. The minimum atomic E-state index is -0.460. The zero-order valence-electron chi connectivity index (χ0n) is 9.28. The summed E-state index contributed by atoms with van der Waals surface area (Å²) in [4.78, 5) is 15.6. The van der Waals surface area contributed by atoms with Gasteiger partial charge >= 0.3 is 0 Å². The smallest absolute Gasteiger partial charge is 0.241 e. The fourth-order valence-corrected chi connectivity index (χ4v) is 2.04. The predicted molar refractivity (Wildman–Crippen MR) is 61.7 cm³/mol. The van der Waals surface area contributed by atoms with E-state index in [2.05, 4.69) is 17.2 Å². The summed E-state index contributed by atoms with van der Waals surface area (Å²) in [5, 5.41) is 5.84. The highest BCUT2D eigenvalue weighted by atomic mass is 32.1. The van der Waals surface area contributed by atoms with Crippen molar-refractivity contribution in [3.8, 4) is 0 Å². The van der Waals surface area contributed by atoms with E-state index in [1.165, 1.54) is 11.3 Å². The van der Waals surface area contributed by atoms with Crippen LogP contribution in [0, 0.1) is 6.92 Å². The van der Waals surface area contributed by atoms with E-state index in [1.54, 1.807) is 0 Å². The Morgan fingerprint density at radius 3 is 2.80 bits per heavy atom. The summed E-state index contributed by atoms with van der Waals surface area (Å²) in [7, 11) is 0. The van der Waals surface area contributed by atoms with Crippen molar-refractivity contribution in [2.75, 3.05) is 0 Å². The van der Waals surface area contributed by atoms with E-state index in [-0.39, 0.29) is 11.9 Å². The third kappa shape index (κ3) is 3.28. The fraction of sp³-hybridized carbons (Fsp3) is 0.600. The quantitative estimate of drug-likeness (QED) is 0.798. The standard InChI is InChI=1S/C10H17N3OS/c1-4-6(2)12-8(9(11)14)10-13-7(3)5-15-10/h5-6,8,12H,4H2,1-3H3,(H2,11,14). The van der Waals surface area contributed by atoms with Gasteiger partial charge in [0.15, 0.2) is 0 Å². The maximum absolute atomic E-state index is 11.3. The van der Waals surface area contributed by atoms with E-state index in [0.717, 1.165) is 17.1 Å². The zero-order chi connectivity index (χ0) is 11.4. The second-order valence-corrected chi connectivity index (χ2v) is 4.53. The predicted octanol–water partition coefficient (Wildman–Crippen LogP) is 1.37. The highest BCUT2D eigenvalue weighted by Crippen LogP contribution is 2.18. The van der Waals surface area contributed by atoms with Gasteiger partial charge < -0.3 is 5.73 Å². The molecule has 0 saturated heterocycles. The van der Waals surface area contributed by atoms with Crippen LogP contribution in [0.2, 0.25) is 0 Å². The lowest BCUT2D eigenvalue weighted by molar-refractivity contribution is -0.120. The first-order valence-corrected chi connectivity index (χ1v) is 5.90. The van der Waals surface area contributed by atoms with Crippen LogP contribution in [0.25, 0.3) is 0 Å². The molecule has 1 amide bonds. The molecule has 3 N–H and O–H groups in total. The molecule has 0 aliphatic rings. The SMILES string of the molecule is CCC(C)NC(C(N)=O)c1nc(C)cs1. The molecule has 1 rings (SSSR count). The maximum atomic E-state index is 11.3. The Labute approximate surface area is 93.9 Å². The molecular formula is C10H17N3OS. The molecule has 1 aromatic heterocycles. The summed E-state index contributed by atoms with van der Waals surface area (Å²) in [6, 6.07) is -0.203. The van der Waals surface area contributed by atoms with E-state index < -0.39 is 6.04 Å². The van der Waals surface area contributed by atoms with Crippen LogP contribution in [0.3, 0.4) is 0 Å². The highest BCUT2D eigenvalue weighted by molar-refractivity contribution is 7.09. The van der Waals surface area contributed by atoms with Crippen molar-refractivity contribution in [3.05, 3.63) is 16.1 Å². The van der Waals surface area contributed by atoms with Gasteiger partial charge in [-0.3, -0.25) is 10.1 Å². The third-order valence-electron chi connectivity index (χ3n) is 2.23. The molecule has 2 atom stereocenters. The van der Waals surface area contributed by atoms with Gasteiger partial charge in [-0.05, 0) is 20.3 Å². The summed E-state index contributed by atoms with van der Waals surface area (Å²) in [6.07, 6.45) is 0.953. The molecule has 15 heavy (non-hydrogen) atoms. The van der Waals surface area contributed by atoms with Gasteiger partial charge in [-0.25, -0.2) is 4.98 Å². The summed E-state index contributed by atoms with van der Waals surface area (Å²) >= 11 is 1.46. The van der Waals surface area contributed by atoms with Crippen molar-refractivity contribution in [3.63, 3.8) is 0 Å². The molecule has 4 nitrogen and oxygen atoms in total. The Morgan fingerprint density at radius 2 is 2.40 bits per heavy atom. The van der Waals surface area contributed by atoms with Crippen LogP contribution < -0.4 is 11.1 Å². The van der Waals surface area contributed by atoms with E-state index in [0.29, 0.717) is 0 Å². The number of aryl methyl sites for hydroxylation is 1. The molecule has 5 heteroatoms. The minimum absolute atomic E-state index is 0.256. The first-order chi connectivity index (χ1) is 7.04. The molecule has 0 aliphatic heterocycles. The number of primary amides is 1. The normalized spacial score (nSPS) is 14.9. The second kappa shape index (κ2) is 5.23. The van der Waals surface area contributed by atoms with Crippen molar-refractivity contribution in [2.24, 2.45) is 5.73 Å². The van der Waals surface area contributed by atoms with Gasteiger partial charge in [0.05, 0.1) is 0 Å². The van der Waals surface area contributed by atoms with Crippen LogP contribution in [0.1, 0.15) is 37.0 Å². The molecule has 0 spiro atoms. The highest BCUT2D eigenvalue weighted by Gasteiger charge is 2.21. The van der Waals surface area contributed by atoms with Gasteiger partial charge in [-0.1, -0.05) is 6.92 Å². The van der Waals surface area contributed by atoms with Gasteiger partial charge in [-0.15, -0.1) is 11.3 Å². The summed E-state index contributed by atoms with van der Waals surface area (Å²) < 4.78 is 0. The number of carbonyl (C=O) groups is 1. The molecule has 0 aliphatic carbocycles. The lowest BCUT2D eigenvalue weighted by atomic mass is 10.2. The number of carbonyl (C=O) groups excluding carboxylic acids is 1. The van der Waals surface area contributed by atoms with Crippen LogP contribution >= 0.6 is 11.3 Å². The zero-order valence-corrected chi connectivity index (χ0v) is 10.1. The van der Waals surface area contributed by atoms with Crippen LogP contribution in [0.5, 0.6) is 0 Å². The molecule has 0 bridgehead atoms. The molecule has 0 fully saturated rings. The molecule has 0 radical (unpaired) electrons. The number of aromatic nitrogens is 1. The van der Waals surface area contributed by atoms with Gasteiger partial charge in [0.2, 0.25) is 5.91 Å². The molecular weight excluding hydrogens is 210 g/mol. The van der Waals surface area contributed by atoms with Crippen molar-refractivity contribution in [2.45, 2.75) is 39.3 Å². The largest absolute Gasteiger partial charge is 0.368 e. The summed E-state index contributed by atoms with van der Waals surface area (Å²) in [5.74, 6) is -0.371. The maximum Gasteiger partial charge on any atom is 0.241 e. The monoisotopic (exact) mass is 227 g/mol. The van der Waals surface area contributed by atoms with Crippen LogP contribution in [0.4, 0.5) is 0 Å². The first-order valence-electron chi connectivity index (χ1n) is 5.02. The number of nitrogens with one attached hydrogen (secondary N) is 1. The molecule has 2 unspecified atom stereocenters. The minimum Gasteiger partial charge on any atom is -0.368 e. The van der Waals surface area contributed by atoms with E-state index in [9.17, 15) is 4.79 Å². The van der Waals surface area contributed by atoms with Crippen molar-refractivity contribution >= 4 is 17.2 Å². The van der Waals surface area contributed by atoms with Gasteiger partial charge in [0.25, 0.3) is 0 Å². The number of nitrogens with zero attached hydrogens (tertiary/aromatic N) is 1. The number of hydrogen-bond donors (Lipinski definition) is 2. The van der Waals surface area contributed by atoms with E-state index >= 15 is 0 Å². The average Bonchev–Trinajstić information content (AvgIpc) is 2.60. The Balaban J connectivity index is 2.79. The molecule has 1 heterocycles. The molecule has 1 aromatic rings. The van der Waals surface area contributed by atoms with Gasteiger partial charge in [-0.2, -0.15) is 0 Å². The lowest BCUT2D eigenvalue weighted by Crippen LogP contribution is -2.38. The van der Waals surface area contributed by atoms with Gasteiger partial charge in [0, 0.05) is 17.1 Å². The fourth-order valence-electron chi connectivity index (χ4n) is 1.18. The Kier molecular flexibility index (Phi) is 4.23. The Bertz CT molecular complexity index is 337. The number of rotatable bonds is 5. The van der Waals surface area contributed by atoms with Gasteiger partial charge in [0.1, 0.15) is 11.0 Å². The second-order valence-electron chi connectivity index (χ2n) is 3.64. The molecule has 84 valence electrons. The number of thiazole rings is 1. The summed E-state index contributed by atoms with van der Waals surface area (Å²) in [6.45, 7) is 5.99. The lowest BCUT2D eigenvalue weighted by Gasteiger charge is -2.17. The van der Waals surface area contributed by atoms with Crippen LogP contribution in [-0.2, 0) is 4.79 Å².